The van der Waals surface area contributed by atoms with Gasteiger partial charge in [0, 0.05) is 12.3 Å². The first-order valence-electron chi connectivity index (χ1n) is 3.21. The third kappa shape index (κ3) is 1.32. The molecule has 0 saturated heterocycles. The highest BCUT2D eigenvalue weighted by Crippen LogP contribution is 2.43. The third-order valence-electron chi connectivity index (χ3n) is 1.87. The van der Waals surface area contributed by atoms with Gasteiger partial charge in [-0.2, -0.15) is 0 Å². The molecule has 1 aliphatic carbocycles. The van der Waals surface area contributed by atoms with Gasteiger partial charge >= 0.3 is 0 Å². The van der Waals surface area contributed by atoms with E-state index in [2.05, 4.69) is 0 Å². The minimum Gasteiger partial charge on any atom is -0.251 e. The minimum absolute atomic E-state index is 1.02. The van der Waals surface area contributed by atoms with E-state index in [0.29, 0.717) is 0 Å². The summed E-state index contributed by atoms with van der Waals surface area (Å²) in [6.45, 7) is -1.23. The predicted molar refractivity (Wildman–Crippen MR) is 28.8 cm³/mol. The van der Waals surface area contributed by atoms with Crippen LogP contribution in [0.1, 0.15) is 6.42 Å². The zero-order chi connectivity index (χ0) is 8.65. The molecule has 1 saturated carbocycles. The molecule has 0 bridgehead atoms. The summed E-state index contributed by atoms with van der Waals surface area (Å²) in [5, 5.41) is 0. The Morgan fingerprint density at radius 2 is 1.82 bits per heavy atom. The molecule has 0 aromatic carbocycles. The molecule has 1 rings (SSSR count). The Hall–Kier alpha value is -0.350. The molecule has 3 atom stereocenters. The maximum absolute atomic E-state index is 12.4. The first kappa shape index (κ1) is 8.74. The van der Waals surface area contributed by atoms with Gasteiger partial charge in [-0.1, -0.05) is 0 Å². The molecule has 1 aliphatic rings. The molecule has 66 valence electrons. The van der Waals surface area contributed by atoms with Crippen LogP contribution in [-0.2, 0) is 0 Å². The number of rotatable bonds is 1. The van der Waals surface area contributed by atoms with Crippen molar-refractivity contribution in [2.75, 3.05) is 6.67 Å². The Kier molecular flexibility index (Phi) is 2.07. The van der Waals surface area contributed by atoms with Crippen LogP contribution >= 0.6 is 0 Å². The van der Waals surface area contributed by atoms with Crippen molar-refractivity contribution in [3.63, 3.8) is 0 Å². The monoisotopic (exact) mass is 174 g/mol. The highest BCUT2D eigenvalue weighted by atomic mass is 19.3. The summed E-state index contributed by atoms with van der Waals surface area (Å²) in [7, 11) is 0. The van der Waals surface area contributed by atoms with Crippen LogP contribution < -0.4 is 0 Å². The average Bonchev–Trinajstić information content (AvgIpc) is 2.13. The highest BCUT2D eigenvalue weighted by Gasteiger charge is 2.56. The summed E-state index contributed by atoms with van der Waals surface area (Å²) in [5.74, 6) is -5.16. The minimum atomic E-state index is -3.68. The molecule has 0 aromatic rings. The molecule has 0 amide bonds. The van der Waals surface area contributed by atoms with E-state index in [-0.39, 0.29) is 0 Å². The molecule has 5 heteroatoms. The zero-order valence-electron chi connectivity index (χ0n) is 5.54. The van der Waals surface area contributed by atoms with Crippen molar-refractivity contribution in [2.24, 2.45) is 5.92 Å². The van der Waals surface area contributed by atoms with Gasteiger partial charge in [-0.05, 0) is 0 Å². The highest BCUT2D eigenvalue weighted by molar-refractivity contribution is 4.96. The van der Waals surface area contributed by atoms with Crippen molar-refractivity contribution >= 4 is 0 Å². The molecule has 0 spiro atoms. The fraction of sp³-hybridized carbons (Fsp3) is 1.00. The van der Waals surface area contributed by atoms with E-state index >= 15 is 0 Å². The van der Waals surface area contributed by atoms with Crippen molar-refractivity contribution < 1.29 is 22.0 Å². The number of hydrogen-bond donors (Lipinski definition) is 0. The normalized spacial score (nSPS) is 42.8. The Morgan fingerprint density at radius 1 is 1.27 bits per heavy atom. The molecule has 3 unspecified atom stereocenters. The van der Waals surface area contributed by atoms with Gasteiger partial charge in [0.05, 0.1) is 6.67 Å². The third-order valence-corrected chi connectivity index (χ3v) is 1.87. The van der Waals surface area contributed by atoms with Crippen LogP contribution in [0.15, 0.2) is 0 Å². The lowest BCUT2D eigenvalue weighted by Gasteiger charge is -2.10. The van der Waals surface area contributed by atoms with Gasteiger partial charge in [0.1, 0.15) is 6.17 Å². The first-order valence-corrected chi connectivity index (χ1v) is 3.21. The second-order valence-electron chi connectivity index (χ2n) is 2.73. The van der Waals surface area contributed by atoms with Crippen molar-refractivity contribution in [1.82, 2.24) is 0 Å². The standard InChI is InChI=1S/C6H7F5/c7-2-3-1-6(10,11)5(9)4(3)8/h3-5H,1-2H2. The summed E-state index contributed by atoms with van der Waals surface area (Å²) in [5.41, 5.74) is 0. The SMILES string of the molecule is FCC1CC(F)(F)C(F)C1F. The molecule has 11 heavy (non-hydrogen) atoms. The zero-order valence-corrected chi connectivity index (χ0v) is 5.54. The van der Waals surface area contributed by atoms with Crippen LogP contribution in [0.3, 0.4) is 0 Å². The van der Waals surface area contributed by atoms with E-state index < -0.39 is 37.3 Å². The predicted octanol–water partition coefficient (Wildman–Crippen LogP) is 2.29. The van der Waals surface area contributed by atoms with E-state index in [0.717, 1.165) is 0 Å². The number of halogens is 5. The summed E-state index contributed by atoms with van der Waals surface area (Å²) >= 11 is 0. The fourth-order valence-corrected chi connectivity index (χ4v) is 1.19. The molecule has 0 aromatic heterocycles. The lowest BCUT2D eigenvalue weighted by Crippen LogP contribution is -2.28. The molecule has 0 aliphatic heterocycles. The van der Waals surface area contributed by atoms with Crippen LogP contribution in [0, 0.1) is 5.92 Å². The van der Waals surface area contributed by atoms with E-state index in [9.17, 15) is 22.0 Å². The van der Waals surface area contributed by atoms with Crippen LogP contribution in [0.2, 0.25) is 0 Å². The second-order valence-corrected chi connectivity index (χ2v) is 2.73. The molecular formula is C6H7F5. The average molecular weight is 174 g/mol. The van der Waals surface area contributed by atoms with Gasteiger partial charge in [-0.3, -0.25) is 4.39 Å². The van der Waals surface area contributed by atoms with Crippen molar-refractivity contribution in [3.8, 4) is 0 Å². The van der Waals surface area contributed by atoms with Crippen LogP contribution in [0.5, 0.6) is 0 Å². The summed E-state index contributed by atoms with van der Waals surface area (Å²) < 4.78 is 60.8. The summed E-state index contributed by atoms with van der Waals surface area (Å²) in [6, 6.07) is 0. The smallest absolute Gasteiger partial charge is 0.251 e. The van der Waals surface area contributed by atoms with Crippen molar-refractivity contribution in [3.05, 3.63) is 0 Å². The van der Waals surface area contributed by atoms with Gasteiger partial charge in [0.25, 0.3) is 5.92 Å². The van der Waals surface area contributed by atoms with Crippen LogP contribution in [0.25, 0.3) is 0 Å². The molecule has 0 nitrogen and oxygen atoms in total. The topological polar surface area (TPSA) is 0 Å². The van der Waals surface area contributed by atoms with E-state index in [4.69, 9.17) is 0 Å². The maximum Gasteiger partial charge on any atom is 0.282 e. The van der Waals surface area contributed by atoms with Gasteiger partial charge in [-0.25, -0.2) is 17.6 Å². The van der Waals surface area contributed by atoms with Gasteiger partial charge in [0.2, 0.25) is 0 Å². The number of alkyl halides is 5. The second kappa shape index (κ2) is 2.60. The Labute approximate surface area is 60.4 Å². The lowest BCUT2D eigenvalue weighted by molar-refractivity contribution is -0.0635. The molecule has 0 radical (unpaired) electrons. The van der Waals surface area contributed by atoms with E-state index in [1.807, 2.05) is 0 Å². The van der Waals surface area contributed by atoms with Gasteiger partial charge in [0.15, 0.2) is 6.17 Å². The molecule has 1 fully saturated rings. The fourth-order valence-electron chi connectivity index (χ4n) is 1.19. The molecule has 0 N–H and O–H groups in total. The van der Waals surface area contributed by atoms with Crippen molar-refractivity contribution in [2.45, 2.75) is 24.7 Å². The molecule has 0 heterocycles. The molecular weight excluding hydrogens is 167 g/mol. The Morgan fingerprint density at radius 3 is 2.00 bits per heavy atom. The van der Waals surface area contributed by atoms with E-state index in [1.54, 1.807) is 0 Å². The van der Waals surface area contributed by atoms with Crippen molar-refractivity contribution in [1.29, 1.82) is 0 Å². The Bertz CT molecular complexity index is 146. The van der Waals surface area contributed by atoms with E-state index in [1.165, 1.54) is 0 Å². The summed E-state index contributed by atoms with van der Waals surface area (Å²) in [4.78, 5) is 0. The largest absolute Gasteiger partial charge is 0.282 e. The van der Waals surface area contributed by atoms with Gasteiger partial charge in [-0.15, -0.1) is 0 Å². The number of hydrogen-bond acceptors (Lipinski definition) is 0. The lowest BCUT2D eigenvalue weighted by atomic mass is 10.1. The van der Waals surface area contributed by atoms with Crippen LogP contribution in [0.4, 0.5) is 22.0 Å². The summed E-state index contributed by atoms with van der Waals surface area (Å²) in [6.07, 6.45) is -6.20. The van der Waals surface area contributed by atoms with Crippen LogP contribution in [-0.4, -0.2) is 24.9 Å². The maximum atomic E-state index is 12.4. The first-order chi connectivity index (χ1) is 4.99. The Balaban J connectivity index is 2.69. The quantitative estimate of drug-likeness (QED) is 0.535. The van der Waals surface area contributed by atoms with Gasteiger partial charge < -0.3 is 0 Å².